The SMILES string of the molecule is CC(NC(=O)CCC(=O)N(CCC#N)c1ccccc1)C1CC1. The van der Waals surface area contributed by atoms with Crippen LogP contribution in [-0.2, 0) is 9.59 Å². The van der Waals surface area contributed by atoms with Crippen molar-refractivity contribution in [1.82, 2.24) is 5.32 Å². The van der Waals surface area contributed by atoms with E-state index >= 15 is 0 Å². The molecule has 0 radical (unpaired) electrons. The predicted octanol–water partition coefficient (Wildman–Crippen LogP) is 2.63. The van der Waals surface area contributed by atoms with Crippen molar-refractivity contribution in [3.05, 3.63) is 30.3 Å². The third-order valence-corrected chi connectivity index (χ3v) is 4.10. The van der Waals surface area contributed by atoms with Gasteiger partial charge in [0.2, 0.25) is 11.8 Å². The summed E-state index contributed by atoms with van der Waals surface area (Å²) < 4.78 is 0. The molecule has 1 saturated carbocycles. The summed E-state index contributed by atoms with van der Waals surface area (Å²) in [5, 5.41) is 11.7. The maximum Gasteiger partial charge on any atom is 0.227 e. The highest BCUT2D eigenvalue weighted by molar-refractivity contribution is 5.95. The number of para-hydroxylation sites is 1. The summed E-state index contributed by atoms with van der Waals surface area (Å²) in [6.45, 7) is 2.36. The van der Waals surface area contributed by atoms with Crippen LogP contribution in [0.1, 0.15) is 39.0 Å². The molecular formula is C18H23N3O2. The number of rotatable bonds is 8. The van der Waals surface area contributed by atoms with Crippen LogP contribution in [0.4, 0.5) is 5.69 Å². The zero-order chi connectivity index (χ0) is 16.7. The lowest BCUT2D eigenvalue weighted by molar-refractivity contribution is -0.125. The van der Waals surface area contributed by atoms with E-state index in [-0.39, 0.29) is 37.1 Å². The number of nitrogens with zero attached hydrogens (tertiary/aromatic N) is 2. The molecule has 122 valence electrons. The van der Waals surface area contributed by atoms with Gasteiger partial charge < -0.3 is 10.2 Å². The van der Waals surface area contributed by atoms with Gasteiger partial charge in [0.1, 0.15) is 0 Å². The minimum atomic E-state index is -0.124. The summed E-state index contributed by atoms with van der Waals surface area (Å²) >= 11 is 0. The molecule has 1 atom stereocenters. The van der Waals surface area contributed by atoms with E-state index in [1.54, 1.807) is 4.90 Å². The number of amides is 2. The standard InChI is InChI=1S/C18H23N3O2/c1-14(15-8-9-15)20-17(22)10-11-18(23)21(13-5-12-19)16-6-3-2-4-7-16/h2-4,6-7,14-15H,5,8-11,13H2,1H3,(H,20,22). The molecule has 0 saturated heterocycles. The van der Waals surface area contributed by atoms with Crippen LogP contribution in [-0.4, -0.2) is 24.4 Å². The highest BCUT2D eigenvalue weighted by atomic mass is 16.2. The summed E-state index contributed by atoms with van der Waals surface area (Å²) in [6, 6.07) is 11.5. The number of benzene rings is 1. The fourth-order valence-electron chi connectivity index (χ4n) is 2.56. The lowest BCUT2D eigenvalue weighted by atomic mass is 10.2. The second-order valence-corrected chi connectivity index (χ2v) is 5.98. The van der Waals surface area contributed by atoms with Crippen LogP contribution < -0.4 is 10.2 Å². The number of hydrogen-bond acceptors (Lipinski definition) is 3. The normalized spacial score (nSPS) is 14.6. The Balaban J connectivity index is 1.87. The summed E-state index contributed by atoms with van der Waals surface area (Å²) in [7, 11) is 0. The largest absolute Gasteiger partial charge is 0.353 e. The van der Waals surface area contributed by atoms with E-state index in [0.29, 0.717) is 12.5 Å². The Hall–Kier alpha value is -2.35. The number of nitriles is 1. The van der Waals surface area contributed by atoms with Gasteiger partial charge in [0.05, 0.1) is 12.5 Å². The lowest BCUT2D eigenvalue weighted by Crippen LogP contribution is -2.36. The molecule has 1 aromatic rings. The molecule has 1 aliphatic rings. The molecule has 1 fully saturated rings. The Bertz CT molecular complexity index is 576. The first-order chi connectivity index (χ1) is 11.1. The van der Waals surface area contributed by atoms with Gasteiger partial charge in [-0.2, -0.15) is 5.26 Å². The van der Waals surface area contributed by atoms with E-state index in [2.05, 4.69) is 11.4 Å². The molecule has 2 rings (SSSR count). The summed E-state index contributed by atoms with van der Waals surface area (Å²) in [5.41, 5.74) is 0.763. The second kappa shape index (κ2) is 8.33. The molecule has 23 heavy (non-hydrogen) atoms. The zero-order valence-electron chi connectivity index (χ0n) is 13.5. The average Bonchev–Trinajstić information content (AvgIpc) is 3.39. The molecule has 2 amide bonds. The highest BCUT2D eigenvalue weighted by Gasteiger charge is 2.29. The van der Waals surface area contributed by atoms with Crippen molar-refractivity contribution in [3.63, 3.8) is 0 Å². The fraction of sp³-hybridized carbons (Fsp3) is 0.500. The van der Waals surface area contributed by atoms with E-state index in [1.165, 1.54) is 12.8 Å². The van der Waals surface area contributed by atoms with Crippen molar-refractivity contribution in [1.29, 1.82) is 5.26 Å². The smallest absolute Gasteiger partial charge is 0.227 e. The number of nitrogens with one attached hydrogen (secondary N) is 1. The lowest BCUT2D eigenvalue weighted by Gasteiger charge is -2.22. The number of carbonyl (C=O) groups excluding carboxylic acids is 2. The van der Waals surface area contributed by atoms with Crippen molar-refractivity contribution in [2.24, 2.45) is 5.92 Å². The maximum absolute atomic E-state index is 12.4. The molecule has 0 bridgehead atoms. The number of anilines is 1. The summed E-state index contributed by atoms with van der Waals surface area (Å²) in [6.07, 6.45) is 2.97. The molecule has 0 heterocycles. The summed E-state index contributed by atoms with van der Waals surface area (Å²) in [4.78, 5) is 25.9. The fourth-order valence-corrected chi connectivity index (χ4v) is 2.56. The van der Waals surface area contributed by atoms with Crippen LogP contribution in [0, 0.1) is 17.2 Å². The Morgan fingerprint density at radius 1 is 1.30 bits per heavy atom. The third-order valence-electron chi connectivity index (χ3n) is 4.10. The molecule has 0 aromatic heterocycles. The van der Waals surface area contributed by atoms with Gasteiger partial charge >= 0.3 is 0 Å². The molecule has 0 aliphatic heterocycles. The van der Waals surface area contributed by atoms with Crippen molar-refractivity contribution in [2.75, 3.05) is 11.4 Å². The topological polar surface area (TPSA) is 73.2 Å². The Kier molecular flexibility index (Phi) is 6.16. The van der Waals surface area contributed by atoms with E-state index in [4.69, 9.17) is 5.26 Å². The van der Waals surface area contributed by atoms with E-state index in [1.807, 2.05) is 37.3 Å². The molecule has 1 aromatic carbocycles. The molecule has 5 heteroatoms. The first-order valence-electron chi connectivity index (χ1n) is 8.13. The van der Waals surface area contributed by atoms with Gasteiger partial charge in [-0.3, -0.25) is 9.59 Å². The average molecular weight is 313 g/mol. The molecule has 1 unspecified atom stereocenters. The third kappa shape index (κ3) is 5.41. The maximum atomic E-state index is 12.4. The number of carbonyl (C=O) groups is 2. The minimum Gasteiger partial charge on any atom is -0.353 e. The Morgan fingerprint density at radius 2 is 2.00 bits per heavy atom. The van der Waals surface area contributed by atoms with Gasteiger partial charge in [-0.05, 0) is 37.8 Å². The van der Waals surface area contributed by atoms with E-state index in [0.717, 1.165) is 5.69 Å². The van der Waals surface area contributed by atoms with Gasteiger partial charge in [-0.25, -0.2) is 0 Å². The van der Waals surface area contributed by atoms with E-state index < -0.39 is 0 Å². The quantitative estimate of drug-likeness (QED) is 0.802. The van der Waals surface area contributed by atoms with Crippen molar-refractivity contribution < 1.29 is 9.59 Å². The van der Waals surface area contributed by atoms with Crippen LogP contribution in [0.25, 0.3) is 0 Å². The highest BCUT2D eigenvalue weighted by Crippen LogP contribution is 2.32. The van der Waals surface area contributed by atoms with E-state index in [9.17, 15) is 9.59 Å². The molecule has 5 nitrogen and oxygen atoms in total. The Morgan fingerprint density at radius 3 is 2.61 bits per heavy atom. The monoisotopic (exact) mass is 313 g/mol. The van der Waals surface area contributed by atoms with Gasteiger partial charge in [0.25, 0.3) is 0 Å². The molecular weight excluding hydrogens is 290 g/mol. The van der Waals surface area contributed by atoms with Gasteiger partial charge in [-0.1, -0.05) is 18.2 Å². The van der Waals surface area contributed by atoms with Crippen molar-refractivity contribution in [3.8, 4) is 6.07 Å². The van der Waals surface area contributed by atoms with Crippen LogP contribution in [0.3, 0.4) is 0 Å². The summed E-state index contributed by atoms with van der Waals surface area (Å²) in [5.74, 6) is 0.401. The van der Waals surface area contributed by atoms with Gasteiger partial charge in [-0.15, -0.1) is 0 Å². The van der Waals surface area contributed by atoms with Crippen LogP contribution in [0.15, 0.2) is 30.3 Å². The molecule has 1 N–H and O–H groups in total. The van der Waals surface area contributed by atoms with Crippen molar-refractivity contribution in [2.45, 2.75) is 45.1 Å². The first-order valence-corrected chi connectivity index (χ1v) is 8.13. The Labute approximate surface area is 137 Å². The number of hydrogen-bond donors (Lipinski definition) is 1. The first kappa shape index (κ1) is 17.0. The van der Waals surface area contributed by atoms with Crippen LogP contribution in [0.5, 0.6) is 0 Å². The van der Waals surface area contributed by atoms with Crippen LogP contribution >= 0.6 is 0 Å². The van der Waals surface area contributed by atoms with Gasteiger partial charge in [0, 0.05) is 31.1 Å². The minimum absolute atomic E-state index is 0.0777. The van der Waals surface area contributed by atoms with Crippen LogP contribution in [0.2, 0.25) is 0 Å². The molecule has 0 spiro atoms. The van der Waals surface area contributed by atoms with Gasteiger partial charge in [0.15, 0.2) is 0 Å². The zero-order valence-corrected chi connectivity index (χ0v) is 13.5. The van der Waals surface area contributed by atoms with Crippen molar-refractivity contribution >= 4 is 17.5 Å². The predicted molar refractivity (Wildman–Crippen MR) is 88.6 cm³/mol. The molecule has 1 aliphatic carbocycles. The second-order valence-electron chi connectivity index (χ2n) is 5.98.